The molecular formula is C9H8BrFO2. The van der Waals surface area contributed by atoms with Crippen molar-refractivity contribution < 1.29 is 13.9 Å². The van der Waals surface area contributed by atoms with E-state index in [1.807, 2.05) is 0 Å². The molecule has 70 valence electrons. The van der Waals surface area contributed by atoms with Crippen LogP contribution in [0.4, 0.5) is 4.39 Å². The highest BCUT2D eigenvalue weighted by atomic mass is 79.9. The number of carbonyl (C=O) groups is 1. The Bertz CT molecular complexity index is 350. The van der Waals surface area contributed by atoms with Crippen molar-refractivity contribution in [2.24, 2.45) is 0 Å². The Labute approximate surface area is 83.8 Å². The van der Waals surface area contributed by atoms with Gasteiger partial charge in [0.25, 0.3) is 0 Å². The van der Waals surface area contributed by atoms with Crippen LogP contribution in [0, 0.1) is 5.82 Å². The van der Waals surface area contributed by atoms with Gasteiger partial charge in [0.05, 0.1) is 17.1 Å². The second-order valence-electron chi connectivity index (χ2n) is 2.50. The van der Waals surface area contributed by atoms with E-state index in [4.69, 9.17) is 4.74 Å². The first-order valence-electron chi connectivity index (χ1n) is 3.61. The average Bonchev–Trinajstić information content (AvgIpc) is 2.04. The maximum atomic E-state index is 13.4. The number of hydrogen-bond acceptors (Lipinski definition) is 2. The van der Waals surface area contributed by atoms with Crippen molar-refractivity contribution in [2.45, 2.75) is 6.92 Å². The molecule has 0 aromatic heterocycles. The van der Waals surface area contributed by atoms with Crippen LogP contribution in [-0.4, -0.2) is 12.9 Å². The van der Waals surface area contributed by atoms with Gasteiger partial charge in [-0.25, -0.2) is 4.39 Å². The Morgan fingerprint density at radius 3 is 2.62 bits per heavy atom. The summed E-state index contributed by atoms with van der Waals surface area (Å²) in [4.78, 5) is 10.9. The molecule has 1 aromatic rings. The van der Waals surface area contributed by atoms with E-state index >= 15 is 0 Å². The molecule has 0 amide bonds. The summed E-state index contributed by atoms with van der Waals surface area (Å²) in [7, 11) is 1.35. The SMILES string of the molecule is COc1c(Br)ccc(C(C)=O)c1F. The van der Waals surface area contributed by atoms with E-state index in [1.54, 1.807) is 6.07 Å². The fraction of sp³-hybridized carbons (Fsp3) is 0.222. The predicted molar refractivity (Wildman–Crippen MR) is 50.7 cm³/mol. The molecule has 0 unspecified atom stereocenters. The fourth-order valence-corrected chi connectivity index (χ4v) is 1.46. The molecule has 13 heavy (non-hydrogen) atoms. The minimum atomic E-state index is -0.621. The lowest BCUT2D eigenvalue weighted by molar-refractivity contribution is 0.101. The van der Waals surface area contributed by atoms with E-state index in [0.29, 0.717) is 4.47 Å². The summed E-state index contributed by atoms with van der Waals surface area (Å²) in [5.41, 5.74) is 0.0417. The van der Waals surface area contributed by atoms with Gasteiger partial charge in [0.2, 0.25) is 0 Å². The average molecular weight is 247 g/mol. The van der Waals surface area contributed by atoms with Crippen LogP contribution in [0.3, 0.4) is 0 Å². The van der Waals surface area contributed by atoms with Gasteiger partial charge in [0, 0.05) is 0 Å². The molecule has 0 aliphatic rings. The van der Waals surface area contributed by atoms with Gasteiger partial charge in [-0.2, -0.15) is 0 Å². The van der Waals surface area contributed by atoms with Gasteiger partial charge in [0.15, 0.2) is 17.3 Å². The van der Waals surface area contributed by atoms with Crippen molar-refractivity contribution in [2.75, 3.05) is 7.11 Å². The van der Waals surface area contributed by atoms with E-state index in [9.17, 15) is 9.18 Å². The predicted octanol–water partition coefficient (Wildman–Crippen LogP) is 2.80. The second-order valence-corrected chi connectivity index (χ2v) is 3.35. The van der Waals surface area contributed by atoms with Crippen LogP contribution in [0.5, 0.6) is 5.75 Å². The fourth-order valence-electron chi connectivity index (χ4n) is 0.992. The summed E-state index contributed by atoms with van der Waals surface area (Å²) in [5.74, 6) is -0.875. The summed E-state index contributed by atoms with van der Waals surface area (Å²) in [6, 6.07) is 3.00. The number of ether oxygens (including phenoxy) is 1. The van der Waals surface area contributed by atoms with Crippen LogP contribution in [0.2, 0.25) is 0 Å². The lowest BCUT2D eigenvalue weighted by Crippen LogP contribution is -2.00. The van der Waals surface area contributed by atoms with E-state index in [-0.39, 0.29) is 17.1 Å². The maximum absolute atomic E-state index is 13.4. The number of methoxy groups -OCH3 is 1. The number of ketones is 1. The minimum Gasteiger partial charge on any atom is -0.492 e. The van der Waals surface area contributed by atoms with Gasteiger partial charge in [-0.05, 0) is 35.0 Å². The molecule has 0 saturated heterocycles. The summed E-state index contributed by atoms with van der Waals surface area (Å²) in [6.07, 6.45) is 0. The van der Waals surface area contributed by atoms with Gasteiger partial charge < -0.3 is 4.74 Å². The van der Waals surface area contributed by atoms with Crippen LogP contribution in [0.1, 0.15) is 17.3 Å². The molecule has 0 radical (unpaired) electrons. The summed E-state index contributed by atoms with van der Waals surface area (Å²) in [5, 5.41) is 0. The standard InChI is InChI=1S/C9H8BrFO2/c1-5(12)6-3-4-7(10)9(13-2)8(6)11/h3-4H,1-2H3. The largest absolute Gasteiger partial charge is 0.492 e. The van der Waals surface area contributed by atoms with Crippen molar-refractivity contribution in [3.05, 3.63) is 28.0 Å². The molecule has 1 aromatic carbocycles. The van der Waals surface area contributed by atoms with Crippen LogP contribution in [-0.2, 0) is 0 Å². The van der Waals surface area contributed by atoms with Crippen LogP contribution in [0.25, 0.3) is 0 Å². The van der Waals surface area contributed by atoms with Gasteiger partial charge in [-0.1, -0.05) is 0 Å². The lowest BCUT2D eigenvalue weighted by atomic mass is 10.1. The highest BCUT2D eigenvalue weighted by Gasteiger charge is 2.14. The molecule has 2 nitrogen and oxygen atoms in total. The topological polar surface area (TPSA) is 26.3 Å². The number of rotatable bonds is 2. The number of Topliss-reactive ketones (excluding diaryl/α,β-unsaturated/α-hetero) is 1. The second kappa shape index (κ2) is 3.87. The molecule has 0 saturated carbocycles. The molecule has 4 heteroatoms. The summed E-state index contributed by atoms with van der Waals surface area (Å²) >= 11 is 3.11. The molecule has 0 fully saturated rings. The molecule has 0 aliphatic carbocycles. The number of halogens is 2. The first-order chi connectivity index (χ1) is 6.07. The third kappa shape index (κ3) is 1.88. The van der Waals surface area contributed by atoms with Crippen LogP contribution >= 0.6 is 15.9 Å². The van der Waals surface area contributed by atoms with Crippen molar-refractivity contribution >= 4 is 21.7 Å². The smallest absolute Gasteiger partial charge is 0.176 e. The first kappa shape index (κ1) is 10.2. The Morgan fingerprint density at radius 2 is 2.15 bits per heavy atom. The van der Waals surface area contributed by atoms with Crippen LogP contribution < -0.4 is 4.74 Å². The highest BCUT2D eigenvalue weighted by Crippen LogP contribution is 2.30. The van der Waals surface area contributed by atoms with Crippen molar-refractivity contribution in [1.29, 1.82) is 0 Å². The molecule has 0 N–H and O–H groups in total. The van der Waals surface area contributed by atoms with E-state index in [1.165, 1.54) is 20.1 Å². The van der Waals surface area contributed by atoms with E-state index < -0.39 is 5.82 Å². The van der Waals surface area contributed by atoms with Crippen molar-refractivity contribution in [1.82, 2.24) is 0 Å². The summed E-state index contributed by atoms with van der Waals surface area (Å²) in [6.45, 7) is 1.31. The molecule has 0 atom stereocenters. The van der Waals surface area contributed by atoms with E-state index in [2.05, 4.69) is 15.9 Å². The van der Waals surface area contributed by atoms with Crippen molar-refractivity contribution in [3.8, 4) is 5.75 Å². The maximum Gasteiger partial charge on any atom is 0.176 e. The quantitative estimate of drug-likeness (QED) is 0.751. The summed E-state index contributed by atoms with van der Waals surface area (Å²) < 4.78 is 18.7. The van der Waals surface area contributed by atoms with Gasteiger partial charge in [-0.15, -0.1) is 0 Å². The van der Waals surface area contributed by atoms with E-state index in [0.717, 1.165) is 0 Å². The highest BCUT2D eigenvalue weighted by molar-refractivity contribution is 9.10. The zero-order valence-electron chi connectivity index (χ0n) is 7.23. The van der Waals surface area contributed by atoms with Crippen molar-refractivity contribution in [3.63, 3.8) is 0 Å². The van der Waals surface area contributed by atoms with Crippen LogP contribution in [0.15, 0.2) is 16.6 Å². The third-order valence-electron chi connectivity index (χ3n) is 1.63. The Hall–Kier alpha value is -0.900. The third-order valence-corrected chi connectivity index (χ3v) is 2.26. The molecule has 0 bridgehead atoms. The zero-order valence-corrected chi connectivity index (χ0v) is 8.81. The lowest BCUT2D eigenvalue weighted by Gasteiger charge is -2.06. The molecular weight excluding hydrogens is 239 g/mol. The number of benzene rings is 1. The normalized spacial score (nSPS) is 9.85. The zero-order chi connectivity index (χ0) is 10.0. The molecule has 0 heterocycles. The Morgan fingerprint density at radius 1 is 1.54 bits per heavy atom. The Balaban J connectivity index is 3.35. The molecule has 0 aliphatic heterocycles. The number of hydrogen-bond donors (Lipinski definition) is 0. The molecule has 0 spiro atoms. The number of carbonyl (C=O) groups excluding carboxylic acids is 1. The molecule has 1 rings (SSSR count). The minimum absolute atomic E-state index is 0.0417. The van der Waals surface area contributed by atoms with Gasteiger partial charge in [0.1, 0.15) is 0 Å². The van der Waals surface area contributed by atoms with Gasteiger partial charge >= 0.3 is 0 Å². The first-order valence-corrected chi connectivity index (χ1v) is 4.40. The Kier molecular flexibility index (Phi) is 3.03. The monoisotopic (exact) mass is 246 g/mol. The van der Waals surface area contributed by atoms with Gasteiger partial charge in [-0.3, -0.25) is 4.79 Å².